The van der Waals surface area contributed by atoms with Crippen molar-refractivity contribution in [2.75, 3.05) is 0 Å². The molecule has 0 saturated heterocycles. The summed E-state index contributed by atoms with van der Waals surface area (Å²) in [6, 6.07) is 0. The van der Waals surface area contributed by atoms with Gasteiger partial charge in [-0.15, -0.1) is 0 Å². The summed E-state index contributed by atoms with van der Waals surface area (Å²) in [5.74, 6) is 0. The second-order valence-corrected chi connectivity index (χ2v) is 1.32. The van der Waals surface area contributed by atoms with Crippen molar-refractivity contribution in [2.45, 2.75) is 6.92 Å². The summed E-state index contributed by atoms with van der Waals surface area (Å²) in [7, 11) is 0. The Balaban J connectivity index is 3.02. The highest BCUT2D eigenvalue weighted by atomic mass is 14.8. The molecule has 0 aliphatic carbocycles. The van der Waals surface area contributed by atoms with Crippen LogP contribution in [0.1, 0.15) is 5.56 Å². The maximum atomic E-state index is 3.74. The van der Waals surface area contributed by atoms with E-state index >= 15 is 0 Å². The van der Waals surface area contributed by atoms with Gasteiger partial charge in [-0.3, -0.25) is 0 Å². The van der Waals surface area contributed by atoms with Gasteiger partial charge in [0.1, 0.15) is 6.33 Å². The van der Waals surface area contributed by atoms with Crippen molar-refractivity contribution in [2.24, 2.45) is 0 Å². The normalized spacial score (nSPS) is 8.71. The molecule has 7 heavy (non-hydrogen) atoms. The van der Waals surface area contributed by atoms with Crippen LogP contribution in [-0.2, 0) is 0 Å². The summed E-state index contributed by atoms with van der Waals surface area (Å²) in [5, 5.41) is 0. The molecule has 0 unspecified atom stereocenters. The third-order valence-corrected chi connectivity index (χ3v) is 0.633. The van der Waals surface area contributed by atoms with Gasteiger partial charge in [-0.05, 0) is 12.5 Å². The number of hydrogen-bond acceptors (Lipinski definition) is 2. The summed E-state index contributed by atoms with van der Waals surface area (Å²) >= 11 is 0. The van der Waals surface area contributed by atoms with Gasteiger partial charge < -0.3 is 0 Å². The number of rotatable bonds is 0. The van der Waals surface area contributed by atoms with Crippen LogP contribution < -0.4 is 0 Å². The Bertz CT molecular complexity index is 136. The van der Waals surface area contributed by atoms with E-state index in [1.165, 1.54) is 6.33 Å². The van der Waals surface area contributed by atoms with Gasteiger partial charge in [-0.25, -0.2) is 9.97 Å². The fourth-order valence-electron chi connectivity index (χ4n) is 0.338. The maximum Gasteiger partial charge on any atom is 0.116 e. The van der Waals surface area contributed by atoms with Crippen LogP contribution in [0.4, 0.5) is 0 Å². The van der Waals surface area contributed by atoms with Crippen molar-refractivity contribution in [1.82, 2.24) is 9.97 Å². The van der Waals surface area contributed by atoms with E-state index in [0.717, 1.165) is 5.56 Å². The minimum Gasteiger partial charge on any atom is -0.245 e. The van der Waals surface area contributed by atoms with Gasteiger partial charge in [0, 0.05) is 6.20 Å². The second-order valence-electron chi connectivity index (χ2n) is 1.32. The van der Waals surface area contributed by atoms with Crippen LogP contribution in [0.2, 0.25) is 0 Å². The molecule has 0 atom stereocenters. The third kappa shape index (κ3) is 0.961. The van der Waals surface area contributed by atoms with Crippen LogP contribution >= 0.6 is 0 Å². The van der Waals surface area contributed by atoms with Gasteiger partial charge in [0.05, 0.1) is 6.20 Å². The number of aromatic nitrogens is 2. The molecule has 1 heterocycles. The van der Waals surface area contributed by atoms with Crippen molar-refractivity contribution >= 4 is 0 Å². The Labute approximate surface area is 42.2 Å². The monoisotopic (exact) mass is 93.0 g/mol. The highest BCUT2D eigenvalue weighted by Crippen LogP contribution is 1.82. The maximum absolute atomic E-state index is 3.74. The molecule has 1 aromatic rings. The van der Waals surface area contributed by atoms with Gasteiger partial charge in [0.2, 0.25) is 0 Å². The molecule has 0 N–H and O–H groups in total. The Kier molecular flexibility index (Phi) is 1.02. The van der Waals surface area contributed by atoms with E-state index in [0.29, 0.717) is 0 Å². The lowest BCUT2D eigenvalue weighted by Crippen LogP contribution is -1.76. The third-order valence-electron chi connectivity index (χ3n) is 0.633. The quantitative estimate of drug-likeness (QED) is 0.469. The molecule has 0 saturated carbocycles. The first-order valence-corrected chi connectivity index (χ1v) is 2.04. The molecule has 35 valence electrons. The zero-order chi connectivity index (χ0) is 5.11. The van der Waals surface area contributed by atoms with Crippen LogP contribution in [0.25, 0.3) is 0 Å². The summed E-state index contributed by atoms with van der Waals surface area (Å²) in [4.78, 5) is 7.39. The fraction of sp³-hybridized carbons (Fsp3) is 0.200. The van der Waals surface area contributed by atoms with E-state index in [2.05, 4.69) is 16.2 Å². The summed E-state index contributed by atoms with van der Waals surface area (Å²) in [6.07, 6.45) is 5.90. The molecule has 1 aromatic heterocycles. The molecule has 0 aliphatic heterocycles. The molecule has 0 spiro atoms. The molecule has 0 bridgehead atoms. The molecular formula is C5H5N2. The summed E-state index contributed by atoms with van der Waals surface area (Å²) < 4.78 is 0. The lowest BCUT2D eigenvalue weighted by atomic mass is 10.4. The minimum atomic E-state index is 0.975. The second kappa shape index (κ2) is 1.69. The van der Waals surface area contributed by atoms with E-state index in [4.69, 9.17) is 0 Å². The Hall–Kier alpha value is -0.920. The van der Waals surface area contributed by atoms with E-state index in [1.807, 2.05) is 6.92 Å². The lowest BCUT2D eigenvalue weighted by Gasteiger charge is -1.80. The van der Waals surface area contributed by atoms with Gasteiger partial charge in [0.25, 0.3) is 0 Å². The average molecular weight is 93.1 g/mol. The smallest absolute Gasteiger partial charge is 0.116 e. The topological polar surface area (TPSA) is 25.8 Å². The molecule has 2 heteroatoms. The molecular weight excluding hydrogens is 88.1 g/mol. The standard InChI is InChI=1S/C5H5N2/c1-5-2-6-4-7-3-5/h2,4H,1H3. The van der Waals surface area contributed by atoms with Crippen LogP contribution in [0.3, 0.4) is 0 Å². The Morgan fingerprint density at radius 3 is 2.86 bits per heavy atom. The Morgan fingerprint density at radius 2 is 2.57 bits per heavy atom. The SMILES string of the molecule is Cc1[c]ncnc1. The number of hydrogen-bond donors (Lipinski definition) is 0. The van der Waals surface area contributed by atoms with E-state index in [-0.39, 0.29) is 0 Å². The van der Waals surface area contributed by atoms with Crippen molar-refractivity contribution in [3.05, 3.63) is 24.3 Å². The zero-order valence-electron chi connectivity index (χ0n) is 4.05. The molecule has 0 aliphatic rings. The molecule has 1 rings (SSSR count). The van der Waals surface area contributed by atoms with E-state index in [9.17, 15) is 0 Å². The summed E-state index contributed by atoms with van der Waals surface area (Å²) in [5.41, 5.74) is 0.975. The fourth-order valence-corrected chi connectivity index (χ4v) is 0.338. The summed E-state index contributed by atoms with van der Waals surface area (Å²) in [6.45, 7) is 1.90. The highest BCUT2D eigenvalue weighted by molar-refractivity contribution is 4.95. The van der Waals surface area contributed by atoms with Gasteiger partial charge in [-0.2, -0.15) is 0 Å². The van der Waals surface area contributed by atoms with Gasteiger partial charge in [-0.1, -0.05) is 0 Å². The molecule has 0 aromatic carbocycles. The average Bonchev–Trinajstić information content (AvgIpc) is 1.69. The first kappa shape index (κ1) is 4.24. The predicted octanol–water partition coefficient (Wildman–Crippen LogP) is 0.585. The van der Waals surface area contributed by atoms with Crippen molar-refractivity contribution in [1.29, 1.82) is 0 Å². The van der Waals surface area contributed by atoms with Gasteiger partial charge in [0.15, 0.2) is 0 Å². The first-order valence-electron chi connectivity index (χ1n) is 2.04. The van der Waals surface area contributed by atoms with E-state index in [1.54, 1.807) is 6.20 Å². The molecule has 0 fully saturated rings. The largest absolute Gasteiger partial charge is 0.245 e. The number of nitrogens with zero attached hydrogens (tertiary/aromatic N) is 2. The highest BCUT2D eigenvalue weighted by Gasteiger charge is 1.75. The van der Waals surface area contributed by atoms with Gasteiger partial charge >= 0.3 is 0 Å². The van der Waals surface area contributed by atoms with E-state index < -0.39 is 0 Å². The zero-order valence-corrected chi connectivity index (χ0v) is 4.05. The van der Waals surface area contributed by atoms with Crippen molar-refractivity contribution in [3.8, 4) is 0 Å². The molecule has 0 amide bonds. The first-order chi connectivity index (χ1) is 3.39. The van der Waals surface area contributed by atoms with Crippen LogP contribution in [-0.4, -0.2) is 9.97 Å². The van der Waals surface area contributed by atoms with Crippen molar-refractivity contribution < 1.29 is 0 Å². The minimum absolute atomic E-state index is 0.975. The molecule has 1 radical (unpaired) electrons. The predicted molar refractivity (Wildman–Crippen MR) is 25.6 cm³/mol. The number of aryl methyl sites for hydroxylation is 1. The lowest BCUT2D eigenvalue weighted by molar-refractivity contribution is 1.12. The molecule has 2 nitrogen and oxygen atoms in total. The van der Waals surface area contributed by atoms with Crippen LogP contribution in [0, 0.1) is 13.1 Å². The van der Waals surface area contributed by atoms with Crippen LogP contribution in [0.5, 0.6) is 0 Å². The van der Waals surface area contributed by atoms with Crippen molar-refractivity contribution in [3.63, 3.8) is 0 Å². The van der Waals surface area contributed by atoms with Crippen LogP contribution in [0.15, 0.2) is 12.5 Å². The Morgan fingerprint density at radius 1 is 1.71 bits per heavy atom.